The summed E-state index contributed by atoms with van der Waals surface area (Å²) < 4.78 is 0. The van der Waals surface area contributed by atoms with Crippen LogP contribution in [0, 0.1) is 13.8 Å². The highest BCUT2D eigenvalue weighted by atomic mass is 14.9. The number of benzene rings is 1. The molecule has 3 heteroatoms. The van der Waals surface area contributed by atoms with Crippen LogP contribution in [0.5, 0.6) is 0 Å². The van der Waals surface area contributed by atoms with E-state index in [4.69, 9.17) is 5.73 Å². The Morgan fingerprint density at radius 3 is 2.50 bits per heavy atom. The molecule has 3 nitrogen and oxygen atoms in total. The fourth-order valence-corrected chi connectivity index (χ4v) is 1.93. The molecule has 0 saturated carbocycles. The highest BCUT2D eigenvalue weighted by molar-refractivity contribution is 5.34. The van der Waals surface area contributed by atoms with Crippen molar-refractivity contribution in [2.75, 3.05) is 5.73 Å². The van der Waals surface area contributed by atoms with Gasteiger partial charge in [-0.3, -0.25) is 0 Å². The number of rotatable bonds is 3. The molecule has 0 bridgehead atoms. The first-order valence-corrected chi connectivity index (χ1v) is 6.27. The smallest absolute Gasteiger partial charge is 0.135 e. The van der Waals surface area contributed by atoms with Crippen LogP contribution >= 0.6 is 0 Å². The van der Waals surface area contributed by atoms with Crippen LogP contribution in [-0.2, 0) is 12.8 Å². The molecule has 0 radical (unpaired) electrons. The Kier molecular flexibility index (Phi) is 3.60. The highest BCUT2D eigenvalue weighted by Crippen LogP contribution is 2.13. The monoisotopic (exact) mass is 241 g/mol. The van der Waals surface area contributed by atoms with Crippen LogP contribution in [0.25, 0.3) is 0 Å². The van der Waals surface area contributed by atoms with E-state index < -0.39 is 0 Å². The number of aryl methyl sites for hydroxylation is 3. The summed E-state index contributed by atoms with van der Waals surface area (Å²) in [5.74, 6) is 1.36. The SMILES string of the molecule is CCc1cc(N)nc(Cc2ccc(C)c(C)c2)n1. The van der Waals surface area contributed by atoms with E-state index in [2.05, 4.69) is 48.9 Å². The molecule has 0 aliphatic rings. The molecule has 1 aromatic carbocycles. The van der Waals surface area contributed by atoms with E-state index in [9.17, 15) is 0 Å². The minimum atomic E-state index is 0.556. The van der Waals surface area contributed by atoms with Gasteiger partial charge < -0.3 is 5.73 Å². The maximum atomic E-state index is 5.79. The summed E-state index contributed by atoms with van der Waals surface area (Å²) in [4.78, 5) is 8.80. The topological polar surface area (TPSA) is 51.8 Å². The van der Waals surface area contributed by atoms with Gasteiger partial charge in [0.15, 0.2) is 0 Å². The van der Waals surface area contributed by atoms with E-state index in [1.165, 1.54) is 16.7 Å². The Morgan fingerprint density at radius 1 is 1.06 bits per heavy atom. The lowest BCUT2D eigenvalue weighted by molar-refractivity contribution is 0.910. The first-order chi connectivity index (χ1) is 8.58. The van der Waals surface area contributed by atoms with Crippen molar-refractivity contribution in [1.29, 1.82) is 0 Å². The number of anilines is 1. The van der Waals surface area contributed by atoms with Gasteiger partial charge in [0.05, 0.1) is 0 Å². The van der Waals surface area contributed by atoms with Gasteiger partial charge in [-0.25, -0.2) is 9.97 Å². The van der Waals surface area contributed by atoms with E-state index >= 15 is 0 Å². The van der Waals surface area contributed by atoms with Crippen LogP contribution < -0.4 is 5.73 Å². The van der Waals surface area contributed by atoms with Crippen molar-refractivity contribution in [2.24, 2.45) is 0 Å². The van der Waals surface area contributed by atoms with Crippen molar-refractivity contribution in [3.05, 3.63) is 52.5 Å². The summed E-state index contributed by atoms with van der Waals surface area (Å²) >= 11 is 0. The van der Waals surface area contributed by atoms with E-state index in [1.54, 1.807) is 0 Å². The van der Waals surface area contributed by atoms with Gasteiger partial charge in [-0.2, -0.15) is 0 Å². The molecule has 0 saturated heterocycles. The number of aromatic nitrogens is 2. The van der Waals surface area contributed by atoms with Crippen LogP contribution in [0.4, 0.5) is 5.82 Å². The highest BCUT2D eigenvalue weighted by Gasteiger charge is 2.04. The summed E-state index contributed by atoms with van der Waals surface area (Å²) in [6.07, 6.45) is 1.62. The molecule has 94 valence electrons. The Morgan fingerprint density at radius 2 is 1.83 bits per heavy atom. The van der Waals surface area contributed by atoms with Crippen LogP contribution in [0.3, 0.4) is 0 Å². The fraction of sp³-hybridized carbons (Fsp3) is 0.333. The van der Waals surface area contributed by atoms with E-state index in [1.807, 2.05) is 6.07 Å². The molecule has 0 atom stereocenters. The van der Waals surface area contributed by atoms with Gasteiger partial charge in [0.25, 0.3) is 0 Å². The standard InChI is InChI=1S/C15H19N3/c1-4-13-9-14(16)18-15(17-13)8-12-6-5-10(2)11(3)7-12/h5-7,9H,4,8H2,1-3H3,(H2,16,17,18). The molecule has 1 heterocycles. The molecule has 0 aliphatic carbocycles. The van der Waals surface area contributed by atoms with Gasteiger partial charge in [0.2, 0.25) is 0 Å². The molecular weight excluding hydrogens is 222 g/mol. The van der Waals surface area contributed by atoms with Crippen molar-refractivity contribution >= 4 is 5.82 Å². The van der Waals surface area contributed by atoms with Crippen molar-refractivity contribution in [1.82, 2.24) is 9.97 Å². The van der Waals surface area contributed by atoms with Crippen LogP contribution in [0.2, 0.25) is 0 Å². The Balaban J connectivity index is 2.27. The Hall–Kier alpha value is -1.90. The zero-order chi connectivity index (χ0) is 13.1. The molecule has 2 aromatic rings. The molecule has 2 rings (SSSR count). The maximum Gasteiger partial charge on any atom is 0.135 e. The molecule has 0 aliphatic heterocycles. The second kappa shape index (κ2) is 5.17. The second-order valence-electron chi connectivity index (χ2n) is 4.65. The normalized spacial score (nSPS) is 10.6. The molecule has 2 N–H and O–H groups in total. The van der Waals surface area contributed by atoms with Gasteiger partial charge in [0, 0.05) is 18.2 Å². The Bertz CT molecular complexity index is 562. The summed E-state index contributed by atoms with van der Waals surface area (Å²) in [7, 11) is 0. The summed E-state index contributed by atoms with van der Waals surface area (Å²) in [5, 5.41) is 0. The van der Waals surface area contributed by atoms with Crippen molar-refractivity contribution < 1.29 is 0 Å². The third-order valence-electron chi connectivity index (χ3n) is 3.14. The van der Waals surface area contributed by atoms with Crippen LogP contribution in [-0.4, -0.2) is 9.97 Å². The van der Waals surface area contributed by atoms with Gasteiger partial charge in [-0.05, 0) is 37.0 Å². The first kappa shape index (κ1) is 12.6. The summed E-state index contributed by atoms with van der Waals surface area (Å²) in [5.41, 5.74) is 10.6. The minimum absolute atomic E-state index is 0.556. The maximum absolute atomic E-state index is 5.79. The quantitative estimate of drug-likeness (QED) is 0.899. The fourth-order valence-electron chi connectivity index (χ4n) is 1.93. The largest absolute Gasteiger partial charge is 0.384 e. The predicted molar refractivity (Wildman–Crippen MR) is 74.5 cm³/mol. The summed E-state index contributed by atoms with van der Waals surface area (Å²) in [6, 6.07) is 8.29. The van der Waals surface area contributed by atoms with Crippen LogP contribution in [0.15, 0.2) is 24.3 Å². The molecule has 0 fully saturated rings. The lowest BCUT2D eigenvalue weighted by Gasteiger charge is -2.06. The number of nitrogens with zero attached hydrogens (tertiary/aromatic N) is 2. The van der Waals surface area contributed by atoms with E-state index in [-0.39, 0.29) is 0 Å². The zero-order valence-electron chi connectivity index (χ0n) is 11.2. The predicted octanol–water partition coefficient (Wildman–Crippen LogP) is 2.83. The third kappa shape index (κ3) is 2.86. The van der Waals surface area contributed by atoms with Gasteiger partial charge in [-0.15, -0.1) is 0 Å². The average Bonchev–Trinajstić information content (AvgIpc) is 2.33. The number of hydrogen-bond acceptors (Lipinski definition) is 3. The Labute approximate surface area is 108 Å². The molecule has 0 spiro atoms. The van der Waals surface area contributed by atoms with Crippen molar-refractivity contribution in [2.45, 2.75) is 33.6 Å². The van der Waals surface area contributed by atoms with Crippen molar-refractivity contribution in [3.8, 4) is 0 Å². The lowest BCUT2D eigenvalue weighted by atomic mass is 10.0. The van der Waals surface area contributed by atoms with Gasteiger partial charge in [-0.1, -0.05) is 25.1 Å². The van der Waals surface area contributed by atoms with Gasteiger partial charge in [0.1, 0.15) is 11.6 Å². The van der Waals surface area contributed by atoms with Crippen LogP contribution in [0.1, 0.15) is 35.1 Å². The number of nitrogens with two attached hydrogens (primary N) is 1. The molecule has 1 aromatic heterocycles. The molecule has 18 heavy (non-hydrogen) atoms. The third-order valence-corrected chi connectivity index (χ3v) is 3.14. The minimum Gasteiger partial charge on any atom is -0.384 e. The number of hydrogen-bond donors (Lipinski definition) is 1. The molecule has 0 unspecified atom stereocenters. The zero-order valence-corrected chi connectivity index (χ0v) is 11.2. The number of nitrogen functional groups attached to an aromatic ring is 1. The van der Waals surface area contributed by atoms with E-state index in [0.29, 0.717) is 5.82 Å². The van der Waals surface area contributed by atoms with Crippen molar-refractivity contribution in [3.63, 3.8) is 0 Å². The molecule has 0 amide bonds. The van der Waals surface area contributed by atoms with Gasteiger partial charge >= 0.3 is 0 Å². The van der Waals surface area contributed by atoms with E-state index in [0.717, 1.165) is 24.4 Å². The second-order valence-corrected chi connectivity index (χ2v) is 4.65. The summed E-state index contributed by atoms with van der Waals surface area (Å²) in [6.45, 7) is 6.31. The lowest BCUT2D eigenvalue weighted by Crippen LogP contribution is -2.04. The average molecular weight is 241 g/mol. The molecular formula is C15H19N3. The first-order valence-electron chi connectivity index (χ1n) is 6.27.